The number of sulfonamides is 1. The molecule has 0 radical (unpaired) electrons. The zero-order valence-electron chi connectivity index (χ0n) is 18.3. The molecule has 2 aromatic carbocycles. The van der Waals surface area contributed by atoms with Gasteiger partial charge in [-0.2, -0.15) is 0 Å². The van der Waals surface area contributed by atoms with Crippen molar-refractivity contribution in [3.05, 3.63) is 64.2 Å². The van der Waals surface area contributed by atoms with Gasteiger partial charge >= 0.3 is 6.03 Å². The average Bonchev–Trinajstić information content (AvgIpc) is 3.03. The van der Waals surface area contributed by atoms with Gasteiger partial charge in [0.1, 0.15) is 5.54 Å². The monoisotopic (exact) mass is 489 g/mol. The second kappa shape index (κ2) is 8.46. The molecular weight excluding hydrogens is 466 g/mol. The van der Waals surface area contributed by atoms with E-state index in [0.717, 1.165) is 16.7 Å². The van der Waals surface area contributed by atoms with Crippen LogP contribution in [0.4, 0.5) is 10.5 Å². The fourth-order valence-corrected chi connectivity index (χ4v) is 5.58. The third-order valence-electron chi connectivity index (χ3n) is 6.22. The minimum absolute atomic E-state index is 0.310. The lowest BCUT2D eigenvalue weighted by atomic mass is 9.87. The number of hydrogen-bond donors (Lipinski definition) is 1. The van der Waals surface area contributed by atoms with Crippen molar-refractivity contribution in [2.75, 3.05) is 23.7 Å². The Bertz CT molecular complexity index is 1250. The Kier molecular flexibility index (Phi) is 5.96. The summed E-state index contributed by atoms with van der Waals surface area (Å²) in [5.41, 5.74) is 0.970. The maximum atomic E-state index is 13.3. The SMILES string of the molecule is CCC1(c2ccc(Cl)cc2)NC(=O)N(CC(=O)c2ccc3c(c2)CCCN3S(C)(=O)=O)C1=O. The first-order valence-corrected chi connectivity index (χ1v) is 12.8. The van der Waals surface area contributed by atoms with E-state index in [9.17, 15) is 22.8 Å². The van der Waals surface area contributed by atoms with Gasteiger partial charge in [-0.05, 0) is 60.7 Å². The van der Waals surface area contributed by atoms with Gasteiger partial charge in [0.2, 0.25) is 10.0 Å². The van der Waals surface area contributed by atoms with Crippen LogP contribution in [0, 0.1) is 0 Å². The molecule has 4 rings (SSSR count). The molecule has 3 amide bonds. The van der Waals surface area contributed by atoms with Crippen LogP contribution in [0.15, 0.2) is 42.5 Å². The highest BCUT2D eigenvalue weighted by Gasteiger charge is 2.51. The second-order valence-electron chi connectivity index (χ2n) is 8.29. The van der Waals surface area contributed by atoms with Gasteiger partial charge in [-0.3, -0.25) is 18.8 Å². The van der Waals surface area contributed by atoms with E-state index < -0.39 is 39.8 Å². The maximum Gasteiger partial charge on any atom is 0.325 e. The van der Waals surface area contributed by atoms with E-state index in [1.807, 2.05) is 0 Å². The molecule has 10 heteroatoms. The molecule has 0 saturated carbocycles. The molecule has 2 aliphatic heterocycles. The highest BCUT2D eigenvalue weighted by atomic mass is 35.5. The third kappa shape index (κ3) is 4.11. The molecule has 2 aromatic rings. The van der Waals surface area contributed by atoms with Crippen molar-refractivity contribution in [1.29, 1.82) is 0 Å². The summed E-state index contributed by atoms with van der Waals surface area (Å²) in [6.07, 6.45) is 2.75. The highest BCUT2D eigenvalue weighted by Crippen LogP contribution is 2.34. The van der Waals surface area contributed by atoms with E-state index in [1.54, 1.807) is 43.3 Å². The fourth-order valence-electron chi connectivity index (χ4n) is 4.46. The molecule has 1 unspecified atom stereocenters. The number of imide groups is 1. The molecule has 0 aromatic heterocycles. The van der Waals surface area contributed by atoms with Gasteiger partial charge in [0, 0.05) is 17.1 Å². The number of urea groups is 1. The van der Waals surface area contributed by atoms with Crippen molar-refractivity contribution in [2.45, 2.75) is 31.7 Å². The van der Waals surface area contributed by atoms with Gasteiger partial charge in [0.25, 0.3) is 5.91 Å². The zero-order valence-corrected chi connectivity index (χ0v) is 19.9. The van der Waals surface area contributed by atoms with Crippen LogP contribution in [0.3, 0.4) is 0 Å². The number of rotatable bonds is 6. The summed E-state index contributed by atoms with van der Waals surface area (Å²) in [5, 5.41) is 3.26. The second-order valence-corrected chi connectivity index (χ2v) is 10.6. The van der Waals surface area contributed by atoms with Crippen LogP contribution in [0.5, 0.6) is 0 Å². The van der Waals surface area contributed by atoms with Gasteiger partial charge in [0.05, 0.1) is 18.5 Å². The molecule has 33 heavy (non-hydrogen) atoms. The lowest BCUT2D eigenvalue weighted by Crippen LogP contribution is -2.43. The fraction of sp³-hybridized carbons (Fsp3) is 0.348. The van der Waals surface area contributed by atoms with Crippen LogP contribution in [0.1, 0.15) is 41.3 Å². The van der Waals surface area contributed by atoms with E-state index >= 15 is 0 Å². The van der Waals surface area contributed by atoms with E-state index in [4.69, 9.17) is 11.6 Å². The smallest absolute Gasteiger partial charge is 0.319 e. The van der Waals surface area contributed by atoms with E-state index in [1.165, 1.54) is 10.4 Å². The Balaban J connectivity index is 1.58. The first kappa shape index (κ1) is 23.3. The number of anilines is 1. The molecule has 1 atom stereocenters. The van der Waals surface area contributed by atoms with Crippen LogP contribution in [0.2, 0.25) is 5.02 Å². The molecule has 174 valence electrons. The minimum Gasteiger partial charge on any atom is -0.319 e. The van der Waals surface area contributed by atoms with Crippen LogP contribution in [-0.2, 0) is 26.8 Å². The Morgan fingerprint density at radius 3 is 2.48 bits per heavy atom. The van der Waals surface area contributed by atoms with Gasteiger partial charge < -0.3 is 5.32 Å². The summed E-state index contributed by atoms with van der Waals surface area (Å²) in [7, 11) is -3.42. The Morgan fingerprint density at radius 1 is 1.15 bits per heavy atom. The summed E-state index contributed by atoms with van der Waals surface area (Å²) in [5.74, 6) is -0.896. The number of nitrogens with one attached hydrogen (secondary N) is 1. The van der Waals surface area contributed by atoms with Crippen molar-refractivity contribution in [1.82, 2.24) is 10.2 Å². The summed E-state index contributed by atoms with van der Waals surface area (Å²) in [6.45, 7) is 1.77. The van der Waals surface area contributed by atoms with Gasteiger partial charge in [-0.25, -0.2) is 13.2 Å². The summed E-state index contributed by atoms with van der Waals surface area (Å²) >= 11 is 5.96. The standard InChI is InChI=1S/C23H24ClN3O5S/c1-3-23(17-7-9-18(24)10-8-17)21(29)26(22(30)25-23)14-20(28)16-6-11-19-15(13-16)5-4-12-27(19)33(2,31)32/h6-11,13H,3-5,12,14H2,1-2H3,(H,25,30). The number of ketones is 1. The Morgan fingerprint density at radius 2 is 1.85 bits per heavy atom. The molecule has 1 fully saturated rings. The summed E-state index contributed by atoms with van der Waals surface area (Å²) in [6, 6.07) is 10.8. The van der Waals surface area contributed by atoms with Crippen molar-refractivity contribution in [3.8, 4) is 0 Å². The number of nitrogens with zero attached hydrogens (tertiary/aromatic N) is 2. The number of hydrogen-bond acceptors (Lipinski definition) is 5. The van der Waals surface area contributed by atoms with Crippen LogP contribution in [-0.4, -0.2) is 50.4 Å². The molecule has 8 nitrogen and oxygen atoms in total. The average molecular weight is 490 g/mol. The van der Waals surface area contributed by atoms with Crippen LogP contribution < -0.4 is 9.62 Å². The largest absolute Gasteiger partial charge is 0.325 e. The topological polar surface area (TPSA) is 104 Å². The first-order chi connectivity index (χ1) is 15.6. The number of aryl methyl sites for hydroxylation is 1. The lowest BCUT2D eigenvalue weighted by Gasteiger charge is -2.29. The number of amides is 3. The number of carbonyl (C=O) groups excluding carboxylic acids is 3. The number of Topliss-reactive ketones (excluding diaryl/α,β-unsaturated/α-hetero) is 1. The summed E-state index contributed by atoms with van der Waals surface area (Å²) in [4.78, 5) is 39.9. The molecular formula is C23H24ClN3O5S. The van der Waals surface area contributed by atoms with Crippen molar-refractivity contribution >= 4 is 45.0 Å². The van der Waals surface area contributed by atoms with Gasteiger partial charge in [-0.1, -0.05) is 30.7 Å². The van der Waals surface area contributed by atoms with Crippen molar-refractivity contribution in [2.24, 2.45) is 0 Å². The number of benzene rings is 2. The molecule has 0 spiro atoms. The van der Waals surface area contributed by atoms with Gasteiger partial charge in [-0.15, -0.1) is 0 Å². The Hall–Kier alpha value is -2.91. The zero-order chi connectivity index (χ0) is 24.0. The van der Waals surface area contributed by atoms with Crippen LogP contribution in [0.25, 0.3) is 0 Å². The molecule has 1 saturated heterocycles. The molecule has 2 aliphatic rings. The maximum absolute atomic E-state index is 13.3. The van der Waals surface area contributed by atoms with Crippen molar-refractivity contribution < 1.29 is 22.8 Å². The number of fused-ring (bicyclic) bond motifs is 1. The predicted octanol–water partition coefficient (Wildman–Crippen LogP) is 3.09. The van der Waals surface area contributed by atoms with Crippen molar-refractivity contribution in [3.63, 3.8) is 0 Å². The predicted molar refractivity (Wildman–Crippen MR) is 125 cm³/mol. The highest BCUT2D eigenvalue weighted by molar-refractivity contribution is 7.92. The quantitative estimate of drug-likeness (QED) is 0.496. The number of carbonyl (C=O) groups is 3. The normalized spacial score (nSPS) is 20.6. The Labute approximate surface area is 197 Å². The van der Waals surface area contributed by atoms with Gasteiger partial charge in [0.15, 0.2) is 5.78 Å². The summed E-state index contributed by atoms with van der Waals surface area (Å²) < 4.78 is 25.4. The van der Waals surface area contributed by atoms with E-state index in [2.05, 4.69) is 5.32 Å². The molecule has 0 bridgehead atoms. The first-order valence-electron chi connectivity index (χ1n) is 10.6. The molecule has 1 N–H and O–H groups in total. The van der Waals surface area contributed by atoms with Crippen LogP contribution >= 0.6 is 11.6 Å². The minimum atomic E-state index is -3.42. The molecule has 0 aliphatic carbocycles. The third-order valence-corrected chi connectivity index (χ3v) is 7.65. The molecule has 2 heterocycles. The number of halogens is 1. The van der Waals surface area contributed by atoms with E-state index in [0.29, 0.717) is 47.6 Å². The lowest BCUT2D eigenvalue weighted by molar-refractivity contribution is -0.131. The van der Waals surface area contributed by atoms with E-state index in [-0.39, 0.29) is 0 Å².